The minimum Gasteiger partial charge on any atom is -0.0999 e. The summed E-state index contributed by atoms with van der Waals surface area (Å²) in [7, 11) is 18.0. The molecule has 0 aromatic carbocycles. The summed E-state index contributed by atoms with van der Waals surface area (Å²) in [6.07, 6.45) is 0. The molecular formula is C28H90B4. The summed E-state index contributed by atoms with van der Waals surface area (Å²) in [6.45, 7) is 42.0. The van der Waals surface area contributed by atoms with E-state index in [1.54, 1.807) is 0 Å². The fourth-order valence-corrected chi connectivity index (χ4v) is 0. The molecule has 0 heterocycles. The minimum absolute atomic E-state index is 0. The van der Waals surface area contributed by atoms with Crippen LogP contribution in [0.4, 0.5) is 0 Å². The zero-order valence-corrected chi connectivity index (χ0v) is 24.3. The standard InChI is InChI=1S/9C2H6.4CH3B.6CH4/c13*1-2;;;;;;/h9*1-2H3;4*1H3;6*1H4. The van der Waals surface area contributed by atoms with Gasteiger partial charge in [-0.25, -0.2) is 0 Å². The normalized spacial score (nSPS) is 2.31. The lowest BCUT2D eigenvalue weighted by Crippen LogP contribution is -1.13. The molecule has 0 unspecified atom stereocenters. The van der Waals surface area contributed by atoms with E-state index >= 15 is 0 Å². The van der Waals surface area contributed by atoms with Crippen LogP contribution >= 0.6 is 0 Å². The Morgan fingerprint density at radius 1 is 0.156 bits per heavy atom. The van der Waals surface area contributed by atoms with Crippen LogP contribution in [0.5, 0.6) is 0 Å². The third-order valence-corrected chi connectivity index (χ3v) is 0. The zero-order chi connectivity index (χ0) is 26.0. The maximum atomic E-state index is 4.50. The van der Waals surface area contributed by atoms with Crippen LogP contribution in [0.3, 0.4) is 0 Å². The summed E-state index contributed by atoms with van der Waals surface area (Å²) in [5.74, 6) is 0. The molecule has 0 spiro atoms. The van der Waals surface area contributed by atoms with Gasteiger partial charge in [0.15, 0.2) is 0 Å². The lowest BCUT2D eigenvalue weighted by Gasteiger charge is -1.07. The Kier molecular flexibility index (Phi) is 2380000. The van der Waals surface area contributed by atoms with E-state index in [9.17, 15) is 0 Å². The van der Waals surface area contributed by atoms with Crippen LogP contribution in [0.2, 0.25) is 27.3 Å². The van der Waals surface area contributed by atoms with Crippen LogP contribution in [0.25, 0.3) is 0 Å². The van der Waals surface area contributed by atoms with Gasteiger partial charge in [-0.1, -0.05) is 196 Å². The Balaban J connectivity index is -0.00000000331. The monoisotopic (exact) mass is 471 g/mol. The van der Waals surface area contributed by atoms with Gasteiger partial charge in [0, 0.05) is 0 Å². The van der Waals surface area contributed by atoms with Gasteiger partial charge in [-0.15, -0.1) is 0 Å². The van der Waals surface area contributed by atoms with Crippen molar-refractivity contribution in [2.45, 2.75) is 196 Å². The van der Waals surface area contributed by atoms with E-state index < -0.39 is 0 Å². The molecule has 4 heteroatoms. The molecule has 8 radical (unpaired) electrons. The molecule has 0 bridgehead atoms. The molecule has 0 aromatic heterocycles. The molecule has 0 amide bonds. The number of rotatable bonds is 0. The largest absolute Gasteiger partial charge is 0.0999 e. The number of hydrogen-bond donors (Lipinski definition) is 0. The van der Waals surface area contributed by atoms with Gasteiger partial charge in [-0.05, 0) is 0 Å². The summed E-state index contributed by atoms with van der Waals surface area (Å²) in [4.78, 5) is 0. The van der Waals surface area contributed by atoms with E-state index in [1.807, 2.05) is 125 Å². The van der Waals surface area contributed by atoms with Crippen molar-refractivity contribution in [3.8, 4) is 0 Å². The fraction of sp³-hybridized carbons (Fsp3) is 1.00. The van der Waals surface area contributed by atoms with Gasteiger partial charge in [0.2, 0.25) is 0 Å². The Bertz CT molecular complexity index is 17.4. The van der Waals surface area contributed by atoms with Crippen molar-refractivity contribution >= 4 is 31.4 Å². The van der Waals surface area contributed by atoms with Gasteiger partial charge < -0.3 is 0 Å². The molecule has 0 fully saturated rings. The topological polar surface area (TPSA) is 0 Å². The third-order valence-electron chi connectivity index (χ3n) is 0. The van der Waals surface area contributed by atoms with Gasteiger partial charge in [0.05, 0.1) is 31.4 Å². The second-order valence-corrected chi connectivity index (χ2v) is 0. The minimum atomic E-state index is 0. The Hall–Kier alpha value is 0.260. The van der Waals surface area contributed by atoms with Crippen LogP contribution in [0.15, 0.2) is 0 Å². The van der Waals surface area contributed by atoms with Crippen LogP contribution in [-0.2, 0) is 0 Å². The third kappa shape index (κ3) is 384000. The zero-order valence-electron chi connectivity index (χ0n) is 24.3. The van der Waals surface area contributed by atoms with Crippen molar-refractivity contribution in [2.24, 2.45) is 0 Å². The van der Waals surface area contributed by atoms with Crippen LogP contribution in [0.1, 0.15) is 169 Å². The maximum absolute atomic E-state index is 4.50. The molecule has 0 saturated heterocycles. The van der Waals surface area contributed by atoms with Crippen molar-refractivity contribution < 1.29 is 0 Å². The van der Waals surface area contributed by atoms with Crippen molar-refractivity contribution in [3.63, 3.8) is 0 Å². The molecule has 0 aliphatic heterocycles. The van der Waals surface area contributed by atoms with Crippen molar-refractivity contribution in [1.82, 2.24) is 0 Å². The highest BCUT2D eigenvalue weighted by Crippen LogP contribution is 1.16. The first-order chi connectivity index (χ1) is 13.0. The van der Waals surface area contributed by atoms with E-state index in [0.29, 0.717) is 0 Å². The first-order valence-corrected chi connectivity index (χ1v) is 11.3. The summed E-state index contributed by atoms with van der Waals surface area (Å²) in [5.41, 5.74) is 0. The van der Waals surface area contributed by atoms with Gasteiger partial charge in [-0.2, -0.15) is 0 Å². The average Bonchev–Trinajstić information content (AvgIpc) is 2.90. The van der Waals surface area contributed by atoms with Crippen molar-refractivity contribution in [2.75, 3.05) is 0 Å². The highest BCUT2D eigenvalue weighted by molar-refractivity contribution is 6.06. The molecule has 0 aliphatic carbocycles. The summed E-state index contributed by atoms with van der Waals surface area (Å²) in [6, 6.07) is 0. The Labute approximate surface area is 227 Å². The lowest BCUT2D eigenvalue weighted by molar-refractivity contribution is 1.50. The van der Waals surface area contributed by atoms with Gasteiger partial charge >= 0.3 is 0 Å². The quantitative estimate of drug-likeness (QED) is 0.309. The fourth-order valence-electron chi connectivity index (χ4n) is 0. The number of hydrogen-bond acceptors (Lipinski definition) is 0. The first kappa shape index (κ1) is 179. The second-order valence-electron chi connectivity index (χ2n) is 0. The Morgan fingerprint density at radius 2 is 0.156 bits per heavy atom. The summed E-state index contributed by atoms with van der Waals surface area (Å²) in [5, 5.41) is 0. The van der Waals surface area contributed by atoms with Crippen LogP contribution < -0.4 is 0 Å². The lowest BCUT2D eigenvalue weighted by atomic mass is 10.2. The molecule has 214 valence electrons. The van der Waals surface area contributed by atoms with Crippen LogP contribution in [0, 0.1) is 0 Å². The average molecular weight is 470 g/mol. The van der Waals surface area contributed by atoms with Gasteiger partial charge in [0.1, 0.15) is 0 Å². The van der Waals surface area contributed by atoms with E-state index in [-0.39, 0.29) is 44.6 Å². The molecule has 0 rings (SSSR count). The summed E-state index contributed by atoms with van der Waals surface area (Å²) >= 11 is 0. The SMILES string of the molecule is C.C.C.C.C.C.CC.CC.CC.CC.CC.CC.CC.CC.CC.[B]C.[B]C.[B]C.[B]C. The van der Waals surface area contributed by atoms with Crippen LogP contribution in [-0.4, -0.2) is 31.4 Å². The molecular weight excluding hydrogens is 380 g/mol. The maximum Gasteiger partial charge on any atom is 0.0606 e. The molecule has 0 saturated carbocycles. The smallest absolute Gasteiger partial charge is 0.0606 e. The summed E-state index contributed by atoms with van der Waals surface area (Å²) < 4.78 is 0. The predicted molar refractivity (Wildman–Crippen MR) is 189 cm³/mol. The van der Waals surface area contributed by atoms with Crippen molar-refractivity contribution in [1.29, 1.82) is 0 Å². The molecule has 0 aliphatic rings. The highest BCUT2D eigenvalue weighted by atomic mass is 13.0. The molecule has 0 atom stereocenters. The van der Waals surface area contributed by atoms with E-state index in [1.165, 1.54) is 27.3 Å². The first-order valence-electron chi connectivity index (χ1n) is 11.3. The van der Waals surface area contributed by atoms with Gasteiger partial charge in [-0.3, -0.25) is 0 Å². The van der Waals surface area contributed by atoms with E-state index in [0.717, 1.165) is 0 Å². The van der Waals surface area contributed by atoms with Crippen molar-refractivity contribution in [3.05, 3.63) is 0 Å². The van der Waals surface area contributed by atoms with Gasteiger partial charge in [0.25, 0.3) is 0 Å². The van der Waals surface area contributed by atoms with E-state index in [4.69, 9.17) is 0 Å². The highest BCUT2D eigenvalue weighted by Gasteiger charge is 0.993. The molecule has 0 N–H and O–H groups in total. The Morgan fingerprint density at radius 3 is 0.156 bits per heavy atom. The second kappa shape index (κ2) is 424000. The molecule has 0 aromatic rings. The van der Waals surface area contributed by atoms with E-state index in [2.05, 4.69) is 31.4 Å². The predicted octanol–water partition coefficient (Wildman–Crippen LogP) is 13.9. The molecule has 32 heavy (non-hydrogen) atoms. The molecule has 0 nitrogen and oxygen atoms in total.